The molecule has 0 heterocycles. The van der Waals surface area contributed by atoms with E-state index in [9.17, 15) is 0 Å². The van der Waals surface area contributed by atoms with E-state index in [0.29, 0.717) is 0 Å². The van der Waals surface area contributed by atoms with Gasteiger partial charge in [0.05, 0.1) is 0 Å². The lowest BCUT2D eigenvalue weighted by molar-refractivity contribution is 1.74. The molecule has 0 aliphatic carbocycles. The summed E-state index contributed by atoms with van der Waals surface area (Å²) in [7, 11) is 0. The Morgan fingerprint density at radius 1 is 0.173 bits per heavy atom. The fourth-order valence-corrected chi connectivity index (χ4v) is 11.6. The van der Waals surface area contributed by atoms with Crippen LogP contribution in [0.3, 0.4) is 0 Å². The number of benzene rings is 12. The molecule has 0 aromatic heterocycles. The third-order valence-electron chi connectivity index (χ3n) is 12.1. The molecular weight excluding hydrogens is 896 g/mol. The van der Waals surface area contributed by atoms with Crippen molar-refractivity contribution >= 4 is 193 Å². The quantitative estimate of drug-likeness (QED) is 0.133. The third-order valence-corrected chi connectivity index (χ3v) is 14.0. The summed E-state index contributed by atoms with van der Waals surface area (Å²) in [5.74, 6) is 0. The van der Waals surface area contributed by atoms with Crippen molar-refractivity contribution in [2.24, 2.45) is 0 Å². The molecule has 0 amide bonds. The van der Waals surface area contributed by atoms with Crippen molar-refractivity contribution in [3.63, 3.8) is 0 Å². The zero-order valence-corrected chi connectivity index (χ0v) is 33.4. The summed E-state index contributed by atoms with van der Waals surface area (Å²) < 4.78 is 4.37. The molecule has 0 saturated heterocycles. The molecular formula is C48H20Br4. The standard InChI is InChI=1S/C48H20Br4/c49-21-1-5-25-29-9-10-30-26-6-2-22(50)18-38(26)35-15-16-36-40-20-24(52)4-8-28(40)32-12-11-31-27-7-3-23(51)19-39(27)34-14-13-33(37(25)17-21)45-41(29)42(30)46(35)48(36)44(32)43(31)47(34)45/h1-20H. The van der Waals surface area contributed by atoms with Gasteiger partial charge in [0.2, 0.25) is 0 Å². The number of fused-ring (bicyclic) bond motifs is 12. The molecule has 4 heteroatoms. The number of hydrogen-bond acceptors (Lipinski definition) is 0. The summed E-state index contributed by atoms with van der Waals surface area (Å²) in [4.78, 5) is 0. The van der Waals surface area contributed by atoms with Gasteiger partial charge in [-0.05, 0) is 178 Å². The second kappa shape index (κ2) is 9.80. The van der Waals surface area contributed by atoms with E-state index in [2.05, 4.69) is 185 Å². The maximum absolute atomic E-state index is 3.86. The third kappa shape index (κ3) is 3.40. The number of hydrogen-bond donors (Lipinski definition) is 0. The lowest BCUT2D eigenvalue weighted by Gasteiger charge is -2.24. The molecule has 0 radical (unpaired) electrons. The van der Waals surface area contributed by atoms with Crippen LogP contribution >= 0.6 is 63.7 Å². The lowest BCUT2D eigenvalue weighted by atomic mass is 9.78. The van der Waals surface area contributed by atoms with Gasteiger partial charge < -0.3 is 0 Å². The monoisotopic (exact) mass is 912 g/mol. The van der Waals surface area contributed by atoms with Crippen LogP contribution in [-0.4, -0.2) is 0 Å². The zero-order chi connectivity index (χ0) is 34.3. The molecule has 0 unspecified atom stereocenters. The summed E-state index contributed by atoms with van der Waals surface area (Å²) >= 11 is 15.4. The molecule has 52 heavy (non-hydrogen) atoms. The highest BCUT2D eigenvalue weighted by molar-refractivity contribution is 9.11. The van der Waals surface area contributed by atoms with Crippen molar-refractivity contribution in [3.05, 3.63) is 139 Å². The Labute approximate surface area is 329 Å². The predicted octanol–water partition coefficient (Wildman–Crippen LogP) is 16.9. The fourth-order valence-electron chi connectivity index (χ4n) is 10.2. The van der Waals surface area contributed by atoms with E-state index in [1.165, 1.54) is 129 Å². The Morgan fingerprint density at radius 3 is 0.519 bits per heavy atom. The van der Waals surface area contributed by atoms with Gasteiger partial charge in [0.25, 0.3) is 0 Å². The molecule has 0 nitrogen and oxygen atoms in total. The van der Waals surface area contributed by atoms with E-state index in [-0.39, 0.29) is 0 Å². The molecule has 0 spiro atoms. The first-order valence-electron chi connectivity index (χ1n) is 17.4. The molecule has 0 bridgehead atoms. The average molecular weight is 916 g/mol. The van der Waals surface area contributed by atoms with Crippen LogP contribution in [0.2, 0.25) is 0 Å². The van der Waals surface area contributed by atoms with Crippen LogP contribution in [0.5, 0.6) is 0 Å². The fraction of sp³-hybridized carbons (Fsp3) is 0. The van der Waals surface area contributed by atoms with Gasteiger partial charge in [-0.15, -0.1) is 0 Å². The van der Waals surface area contributed by atoms with Crippen molar-refractivity contribution < 1.29 is 0 Å². The molecule has 0 atom stereocenters. The Bertz CT molecular complexity index is 3290. The molecule has 13 aromatic carbocycles. The second-order valence-electron chi connectivity index (χ2n) is 14.4. The van der Waals surface area contributed by atoms with Crippen LogP contribution in [0.25, 0.3) is 129 Å². The van der Waals surface area contributed by atoms with Crippen LogP contribution in [0.1, 0.15) is 0 Å². The molecule has 0 N–H and O–H groups in total. The van der Waals surface area contributed by atoms with Crippen molar-refractivity contribution in [2.45, 2.75) is 0 Å². The van der Waals surface area contributed by atoms with Gasteiger partial charge in [0, 0.05) is 17.9 Å². The van der Waals surface area contributed by atoms with Gasteiger partial charge in [-0.2, -0.15) is 0 Å². The summed E-state index contributed by atoms with van der Waals surface area (Å²) in [6.45, 7) is 0. The van der Waals surface area contributed by atoms with Gasteiger partial charge >= 0.3 is 0 Å². The van der Waals surface area contributed by atoms with Crippen molar-refractivity contribution in [1.29, 1.82) is 0 Å². The smallest absolute Gasteiger partial charge is 0.0181 e. The zero-order valence-electron chi connectivity index (χ0n) is 27.1. The van der Waals surface area contributed by atoms with Crippen LogP contribution in [0.4, 0.5) is 0 Å². The van der Waals surface area contributed by atoms with Gasteiger partial charge in [-0.3, -0.25) is 0 Å². The Morgan fingerprint density at radius 2 is 0.327 bits per heavy atom. The van der Waals surface area contributed by atoms with Crippen LogP contribution in [0, 0.1) is 0 Å². The molecule has 13 rings (SSSR count). The summed E-state index contributed by atoms with van der Waals surface area (Å²) in [5.41, 5.74) is 0. The van der Waals surface area contributed by atoms with E-state index < -0.39 is 0 Å². The minimum absolute atomic E-state index is 1.09. The molecule has 13 aromatic rings. The highest BCUT2D eigenvalue weighted by Gasteiger charge is 2.26. The molecule has 0 saturated carbocycles. The second-order valence-corrected chi connectivity index (χ2v) is 18.1. The topological polar surface area (TPSA) is 0 Å². The first kappa shape index (κ1) is 29.2. The Kier molecular flexibility index (Phi) is 5.50. The summed E-state index contributed by atoms with van der Waals surface area (Å²) in [6.07, 6.45) is 0. The summed E-state index contributed by atoms with van der Waals surface area (Å²) in [5, 5.41) is 31.4. The first-order valence-corrected chi connectivity index (χ1v) is 20.5. The van der Waals surface area contributed by atoms with E-state index in [0.717, 1.165) is 17.9 Å². The minimum Gasteiger partial charge on any atom is -0.0531 e. The van der Waals surface area contributed by atoms with E-state index in [4.69, 9.17) is 0 Å². The van der Waals surface area contributed by atoms with Crippen molar-refractivity contribution in [2.75, 3.05) is 0 Å². The largest absolute Gasteiger partial charge is 0.0531 e. The molecule has 0 aliphatic heterocycles. The lowest BCUT2D eigenvalue weighted by Crippen LogP contribution is -1.96. The maximum Gasteiger partial charge on any atom is 0.0181 e. The molecule has 0 aliphatic rings. The van der Waals surface area contributed by atoms with Gasteiger partial charge in [0.1, 0.15) is 0 Å². The maximum atomic E-state index is 3.86. The Hall–Kier alpha value is -4.32. The van der Waals surface area contributed by atoms with E-state index in [1.54, 1.807) is 0 Å². The Balaban J connectivity index is 1.55. The first-order chi connectivity index (χ1) is 25.4. The highest BCUT2D eigenvalue weighted by Crippen LogP contribution is 2.55. The average Bonchev–Trinajstić information content (AvgIpc) is 3.15. The van der Waals surface area contributed by atoms with Gasteiger partial charge in [-0.1, -0.05) is 137 Å². The number of halogens is 4. The minimum atomic E-state index is 1.09. The van der Waals surface area contributed by atoms with Crippen LogP contribution < -0.4 is 0 Å². The normalized spacial score (nSPS) is 13.0. The van der Waals surface area contributed by atoms with Crippen molar-refractivity contribution in [3.8, 4) is 0 Å². The van der Waals surface area contributed by atoms with Crippen LogP contribution in [-0.2, 0) is 0 Å². The van der Waals surface area contributed by atoms with Crippen molar-refractivity contribution in [1.82, 2.24) is 0 Å². The van der Waals surface area contributed by atoms with E-state index >= 15 is 0 Å². The highest BCUT2D eigenvalue weighted by atomic mass is 79.9. The van der Waals surface area contributed by atoms with Gasteiger partial charge in [-0.25, -0.2) is 0 Å². The number of rotatable bonds is 0. The predicted molar refractivity (Wildman–Crippen MR) is 241 cm³/mol. The van der Waals surface area contributed by atoms with E-state index in [1.807, 2.05) is 0 Å². The molecule has 0 fully saturated rings. The van der Waals surface area contributed by atoms with Gasteiger partial charge in [0.15, 0.2) is 0 Å². The summed E-state index contributed by atoms with van der Waals surface area (Å²) in [6, 6.07) is 46.5. The molecule has 240 valence electrons. The SMILES string of the molecule is Brc1ccc2c(c1)c1ccc3c4cc(Br)ccc4c4ccc5c6ccc(Br)cc6c6ccc7c8cc(Br)ccc8c8ccc2c2c8c7c6c5c4c3c12. The van der Waals surface area contributed by atoms with Crippen LogP contribution in [0.15, 0.2) is 139 Å².